The van der Waals surface area contributed by atoms with Crippen molar-refractivity contribution in [3.8, 4) is 17.1 Å². The number of benzene rings is 2. The summed E-state index contributed by atoms with van der Waals surface area (Å²) in [6, 6.07) is 20.3. The van der Waals surface area contributed by atoms with Gasteiger partial charge in [-0.3, -0.25) is 0 Å². The molecule has 3 rings (SSSR count). The molecule has 1 heterocycles. The average molecular weight is 281 g/mol. The van der Waals surface area contributed by atoms with Gasteiger partial charge in [-0.1, -0.05) is 67.2 Å². The molecule has 0 saturated carbocycles. The largest absolute Gasteiger partial charge is 0.212 e. The fourth-order valence-electron chi connectivity index (χ4n) is 2.01. The molecule has 0 aliphatic heterocycles. The lowest BCUT2D eigenvalue weighted by atomic mass is 10.2. The first-order chi connectivity index (χ1) is 9.88. The van der Waals surface area contributed by atoms with Gasteiger partial charge in [0.25, 0.3) is 0 Å². The minimum atomic E-state index is 0.815. The lowest BCUT2D eigenvalue weighted by Crippen LogP contribution is -1.99. The Hall–Kier alpha value is -2.07. The molecule has 0 N–H and O–H groups in total. The lowest BCUT2D eigenvalue weighted by Gasteiger charge is -2.05. The maximum atomic E-state index is 4.66. The molecule has 3 nitrogen and oxygen atoms in total. The predicted octanol–water partition coefficient (Wildman–Crippen LogP) is 4.05. The zero-order valence-corrected chi connectivity index (χ0v) is 12.0. The Morgan fingerprint density at radius 2 is 1.60 bits per heavy atom. The van der Waals surface area contributed by atoms with Crippen molar-refractivity contribution in [3.05, 3.63) is 60.7 Å². The summed E-state index contributed by atoms with van der Waals surface area (Å²) in [6.07, 6.45) is 0. The summed E-state index contributed by atoms with van der Waals surface area (Å²) >= 11 is 1.66. The zero-order valence-electron chi connectivity index (χ0n) is 11.2. The van der Waals surface area contributed by atoms with E-state index in [0.29, 0.717) is 0 Å². The SMILES string of the molecule is CCSc1nc(-c2ccccc2)n(-c2ccccc2)n1. The summed E-state index contributed by atoms with van der Waals surface area (Å²) in [7, 11) is 0. The smallest absolute Gasteiger partial charge is 0.209 e. The van der Waals surface area contributed by atoms with Crippen LogP contribution in [0.2, 0.25) is 0 Å². The summed E-state index contributed by atoms with van der Waals surface area (Å²) in [5.41, 5.74) is 2.11. The molecule has 2 aromatic carbocycles. The van der Waals surface area contributed by atoms with Gasteiger partial charge in [0, 0.05) is 5.56 Å². The highest BCUT2D eigenvalue weighted by Gasteiger charge is 2.12. The molecule has 100 valence electrons. The summed E-state index contributed by atoms with van der Waals surface area (Å²) in [5, 5.41) is 5.43. The van der Waals surface area contributed by atoms with Gasteiger partial charge in [-0.2, -0.15) is 0 Å². The molecule has 0 fully saturated rings. The number of hydrogen-bond acceptors (Lipinski definition) is 3. The summed E-state index contributed by atoms with van der Waals surface area (Å²) in [5.74, 6) is 1.85. The van der Waals surface area contributed by atoms with Crippen LogP contribution in [0.3, 0.4) is 0 Å². The molecule has 3 aromatic rings. The van der Waals surface area contributed by atoms with Crippen molar-refractivity contribution >= 4 is 11.8 Å². The van der Waals surface area contributed by atoms with Gasteiger partial charge in [0.05, 0.1) is 5.69 Å². The fourth-order valence-corrected chi connectivity index (χ4v) is 2.56. The van der Waals surface area contributed by atoms with Crippen LogP contribution in [-0.2, 0) is 0 Å². The van der Waals surface area contributed by atoms with E-state index >= 15 is 0 Å². The maximum Gasteiger partial charge on any atom is 0.209 e. The van der Waals surface area contributed by atoms with Crippen LogP contribution < -0.4 is 0 Å². The molecule has 0 atom stereocenters. The van der Waals surface area contributed by atoms with Gasteiger partial charge in [0.15, 0.2) is 5.82 Å². The number of para-hydroxylation sites is 1. The number of rotatable bonds is 4. The van der Waals surface area contributed by atoms with E-state index in [0.717, 1.165) is 28.0 Å². The molecule has 0 bridgehead atoms. The topological polar surface area (TPSA) is 30.7 Å². The van der Waals surface area contributed by atoms with Gasteiger partial charge in [-0.05, 0) is 17.9 Å². The number of hydrogen-bond donors (Lipinski definition) is 0. The van der Waals surface area contributed by atoms with Crippen molar-refractivity contribution < 1.29 is 0 Å². The average Bonchev–Trinajstić information content (AvgIpc) is 2.93. The Bertz CT molecular complexity index is 620. The van der Waals surface area contributed by atoms with Crippen LogP contribution in [0.4, 0.5) is 0 Å². The van der Waals surface area contributed by atoms with Crippen LogP contribution in [0, 0.1) is 0 Å². The molecule has 1 aromatic heterocycles. The quantitative estimate of drug-likeness (QED) is 0.676. The highest BCUT2D eigenvalue weighted by atomic mass is 32.2. The summed E-state index contributed by atoms with van der Waals surface area (Å²) in [6.45, 7) is 2.11. The number of thioether (sulfide) groups is 1. The van der Waals surface area contributed by atoms with Crippen LogP contribution in [-0.4, -0.2) is 20.5 Å². The second kappa shape index (κ2) is 5.92. The van der Waals surface area contributed by atoms with Crippen molar-refractivity contribution in [2.45, 2.75) is 12.1 Å². The molecule has 0 aliphatic carbocycles. The van der Waals surface area contributed by atoms with E-state index in [2.05, 4.69) is 29.1 Å². The van der Waals surface area contributed by atoms with Crippen molar-refractivity contribution in [1.29, 1.82) is 0 Å². The van der Waals surface area contributed by atoms with E-state index in [9.17, 15) is 0 Å². The van der Waals surface area contributed by atoms with Crippen LogP contribution in [0.1, 0.15) is 6.92 Å². The van der Waals surface area contributed by atoms with E-state index in [-0.39, 0.29) is 0 Å². The number of aromatic nitrogens is 3. The molecule has 4 heteroatoms. The minimum Gasteiger partial charge on any atom is -0.212 e. The highest BCUT2D eigenvalue weighted by Crippen LogP contribution is 2.24. The van der Waals surface area contributed by atoms with E-state index in [1.807, 2.05) is 53.2 Å². The number of nitrogens with zero attached hydrogens (tertiary/aromatic N) is 3. The normalized spacial score (nSPS) is 10.7. The molecular weight excluding hydrogens is 266 g/mol. The van der Waals surface area contributed by atoms with Crippen molar-refractivity contribution in [1.82, 2.24) is 14.8 Å². The maximum absolute atomic E-state index is 4.66. The first-order valence-electron chi connectivity index (χ1n) is 6.59. The van der Waals surface area contributed by atoms with Gasteiger partial charge in [-0.15, -0.1) is 5.10 Å². The first kappa shape index (κ1) is 12.9. The van der Waals surface area contributed by atoms with Gasteiger partial charge in [0.2, 0.25) is 5.16 Å². The van der Waals surface area contributed by atoms with Crippen molar-refractivity contribution in [3.63, 3.8) is 0 Å². The predicted molar refractivity (Wildman–Crippen MR) is 83.2 cm³/mol. The molecule has 0 radical (unpaired) electrons. The summed E-state index contributed by atoms with van der Waals surface area (Å²) in [4.78, 5) is 4.66. The van der Waals surface area contributed by atoms with Gasteiger partial charge in [0.1, 0.15) is 0 Å². The van der Waals surface area contributed by atoms with Gasteiger partial charge < -0.3 is 0 Å². The molecule has 0 aliphatic rings. The van der Waals surface area contributed by atoms with Crippen LogP contribution in [0.15, 0.2) is 65.8 Å². The van der Waals surface area contributed by atoms with Crippen molar-refractivity contribution in [2.24, 2.45) is 0 Å². The lowest BCUT2D eigenvalue weighted by molar-refractivity contribution is 0.839. The Labute approximate surface area is 122 Å². The Kier molecular flexibility index (Phi) is 3.83. The first-order valence-corrected chi connectivity index (χ1v) is 7.57. The van der Waals surface area contributed by atoms with Crippen LogP contribution in [0.25, 0.3) is 17.1 Å². The van der Waals surface area contributed by atoms with Crippen molar-refractivity contribution in [2.75, 3.05) is 5.75 Å². The minimum absolute atomic E-state index is 0.815. The molecular formula is C16H15N3S. The van der Waals surface area contributed by atoms with Gasteiger partial charge in [-0.25, -0.2) is 9.67 Å². The van der Waals surface area contributed by atoms with E-state index in [1.54, 1.807) is 11.8 Å². The van der Waals surface area contributed by atoms with E-state index in [4.69, 9.17) is 0 Å². The molecule has 0 spiro atoms. The highest BCUT2D eigenvalue weighted by molar-refractivity contribution is 7.99. The third kappa shape index (κ3) is 2.60. The van der Waals surface area contributed by atoms with Gasteiger partial charge >= 0.3 is 0 Å². The Morgan fingerprint density at radius 3 is 2.25 bits per heavy atom. The van der Waals surface area contributed by atoms with E-state index < -0.39 is 0 Å². The van der Waals surface area contributed by atoms with Crippen LogP contribution >= 0.6 is 11.8 Å². The second-order valence-electron chi connectivity index (χ2n) is 4.26. The third-order valence-electron chi connectivity index (χ3n) is 2.89. The zero-order chi connectivity index (χ0) is 13.8. The van der Waals surface area contributed by atoms with E-state index in [1.165, 1.54) is 0 Å². The van der Waals surface area contributed by atoms with Crippen LogP contribution in [0.5, 0.6) is 0 Å². The molecule has 0 amide bonds. The fraction of sp³-hybridized carbons (Fsp3) is 0.125. The third-order valence-corrected chi connectivity index (χ3v) is 3.61. The summed E-state index contributed by atoms with van der Waals surface area (Å²) < 4.78 is 1.91. The molecule has 0 unspecified atom stereocenters. The molecule has 0 saturated heterocycles. The molecule has 20 heavy (non-hydrogen) atoms. The Balaban J connectivity index is 2.13. The monoisotopic (exact) mass is 281 g/mol. The Morgan fingerprint density at radius 1 is 0.950 bits per heavy atom. The second-order valence-corrected chi connectivity index (χ2v) is 5.50. The standard InChI is InChI=1S/C16H15N3S/c1-2-20-16-17-15(13-9-5-3-6-10-13)19(18-16)14-11-7-4-8-12-14/h3-12H,2H2,1H3.